The second-order valence-electron chi connectivity index (χ2n) is 6.50. The summed E-state index contributed by atoms with van der Waals surface area (Å²) in [6, 6.07) is 0. The summed E-state index contributed by atoms with van der Waals surface area (Å²) in [6.45, 7) is 18.0. The Morgan fingerprint density at radius 3 is 0.767 bits per heavy atom. The van der Waals surface area contributed by atoms with Gasteiger partial charge in [-0.05, 0) is 26.9 Å². The van der Waals surface area contributed by atoms with E-state index >= 15 is 0 Å². The minimum absolute atomic E-state index is 0. The molecule has 0 atom stereocenters. The van der Waals surface area contributed by atoms with E-state index in [0.717, 1.165) is 64.6 Å². The van der Waals surface area contributed by atoms with Gasteiger partial charge >= 0.3 is 30.3 Å². The van der Waals surface area contributed by atoms with E-state index in [1.54, 1.807) is 0 Å². The predicted molar refractivity (Wildman–Crippen MR) is 120 cm³/mol. The van der Waals surface area contributed by atoms with Crippen LogP contribution in [0.5, 0.6) is 0 Å². The van der Waals surface area contributed by atoms with E-state index in [9.17, 15) is 20.4 Å². The first-order valence-corrected chi connectivity index (χ1v) is 14.2. The summed E-state index contributed by atoms with van der Waals surface area (Å²) >= 11 is 0. The monoisotopic (exact) mass is 488 g/mol. The van der Waals surface area contributed by atoms with Crippen LogP contribution in [0.4, 0.5) is 0 Å². The molecule has 0 aromatic carbocycles. The molecule has 0 unspecified atom stereocenters. The van der Waals surface area contributed by atoms with E-state index in [1.807, 2.05) is 41.5 Å². The van der Waals surface area contributed by atoms with Crippen molar-refractivity contribution in [3.05, 3.63) is 0 Å². The molecule has 0 aliphatic heterocycles. The fraction of sp³-hybridized carbons (Fsp3) is 1.00. The molecule has 0 bridgehead atoms. The summed E-state index contributed by atoms with van der Waals surface area (Å²) in [5.74, 6) is 0. The fourth-order valence-corrected chi connectivity index (χ4v) is 2.79. The van der Waals surface area contributed by atoms with Crippen LogP contribution in [0.25, 0.3) is 0 Å². The number of hydrogen-bond acceptors (Lipinski definition) is 6. The molecule has 0 fully saturated rings. The SMILES string of the molecule is CCCC[O-].CCCC[O-].CCCC[O-].CCCC[O-].CCO[Si](C)(C)OCC.[Ti+4]. The second-order valence-corrected chi connectivity index (χ2v) is 9.87. The second kappa shape index (κ2) is 47.5. The molecular weight excluding hydrogens is 436 g/mol. The molecule has 0 saturated heterocycles. The molecule has 0 aromatic heterocycles. The summed E-state index contributed by atoms with van der Waals surface area (Å²) in [6.07, 6.45) is 7.46. The van der Waals surface area contributed by atoms with Gasteiger partial charge in [-0.1, -0.05) is 79.1 Å². The third kappa shape index (κ3) is 79.0. The minimum atomic E-state index is -1.70. The topological polar surface area (TPSA) is 111 Å². The van der Waals surface area contributed by atoms with E-state index in [1.165, 1.54) is 0 Å². The molecule has 0 saturated carbocycles. The van der Waals surface area contributed by atoms with Crippen LogP contribution < -0.4 is 20.4 Å². The molecule has 0 aliphatic rings. The molecule has 0 heterocycles. The number of hydrogen-bond donors (Lipinski definition) is 0. The Hall–Kier alpha value is 0.691. The maximum atomic E-state index is 9.53. The average molecular weight is 489 g/mol. The van der Waals surface area contributed by atoms with Gasteiger partial charge in [0.25, 0.3) is 0 Å². The van der Waals surface area contributed by atoms with Crippen molar-refractivity contribution < 1.29 is 51.0 Å². The molecule has 0 rings (SSSR count). The molecule has 0 aromatic rings. The molecule has 184 valence electrons. The van der Waals surface area contributed by atoms with E-state index in [4.69, 9.17) is 8.85 Å². The van der Waals surface area contributed by atoms with Crippen LogP contribution in [0, 0.1) is 0 Å². The molecule has 6 nitrogen and oxygen atoms in total. The van der Waals surface area contributed by atoms with Gasteiger partial charge in [0, 0.05) is 13.2 Å². The Morgan fingerprint density at radius 2 is 0.700 bits per heavy atom. The largest absolute Gasteiger partial charge is 4.00 e. The van der Waals surface area contributed by atoms with Gasteiger partial charge in [-0.25, -0.2) is 0 Å². The number of rotatable bonds is 12. The van der Waals surface area contributed by atoms with Crippen molar-refractivity contribution in [2.24, 2.45) is 0 Å². The van der Waals surface area contributed by atoms with Gasteiger partial charge in [0.15, 0.2) is 0 Å². The van der Waals surface area contributed by atoms with Crippen LogP contribution in [0.2, 0.25) is 13.1 Å². The van der Waals surface area contributed by atoms with Gasteiger partial charge in [0.2, 0.25) is 0 Å². The van der Waals surface area contributed by atoms with Crippen LogP contribution in [-0.2, 0) is 30.6 Å². The van der Waals surface area contributed by atoms with Crippen LogP contribution in [0.1, 0.15) is 92.9 Å². The molecule has 0 radical (unpaired) electrons. The fourth-order valence-electron chi connectivity index (χ4n) is 1.31. The molecule has 0 N–H and O–H groups in total. The van der Waals surface area contributed by atoms with Gasteiger partial charge in [-0.2, -0.15) is 0 Å². The Balaban J connectivity index is -0.0000000613. The third-order valence-corrected chi connectivity index (χ3v) is 4.94. The number of unbranched alkanes of at least 4 members (excludes halogenated alkanes) is 4. The molecule has 0 amide bonds. The summed E-state index contributed by atoms with van der Waals surface area (Å²) in [5.41, 5.74) is 0. The van der Waals surface area contributed by atoms with Crippen molar-refractivity contribution in [3.63, 3.8) is 0 Å². The van der Waals surface area contributed by atoms with Crippen molar-refractivity contribution >= 4 is 8.56 Å². The van der Waals surface area contributed by atoms with E-state index in [-0.39, 0.29) is 48.1 Å². The molecular formula is C22H52O6SiTi. The Kier molecular flexibility index (Phi) is 70.2. The van der Waals surface area contributed by atoms with Crippen LogP contribution in [0.3, 0.4) is 0 Å². The molecule has 8 heteroatoms. The van der Waals surface area contributed by atoms with Crippen LogP contribution in [0.15, 0.2) is 0 Å². The van der Waals surface area contributed by atoms with Gasteiger partial charge in [0.05, 0.1) is 0 Å². The van der Waals surface area contributed by atoms with Gasteiger partial charge in [0.1, 0.15) is 0 Å². The third-order valence-electron chi connectivity index (χ3n) is 2.98. The van der Waals surface area contributed by atoms with Crippen molar-refractivity contribution in [3.8, 4) is 0 Å². The first kappa shape index (κ1) is 44.4. The molecule has 30 heavy (non-hydrogen) atoms. The first-order valence-electron chi connectivity index (χ1n) is 11.4. The molecule has 0 spiro atoms. The van der Waals surface area contributed by atoms with Crippen molar-refractivity contribution in [2.75, 3.05) is 39.6 Å². The maximum absolute atomic E-state index is 9.53. The zero-order valence-electron chi connectivity index (χ0n) is 21.3. The van der Waals surface area contributed by atoms with Gasteiger partial charge in [-0.15, -0.1) is 26.4 Å². The van der Waals surface area contributed by atoms with Crippen LogP contribution >= 0.6 is 0 Å². The van der Waals surface area contributed by atoms with Gasteiger partial charge in [-0.3, -0.25) is 0 Å². The summed E-state index contributed by atoms with van der Waals surface area (Å²) in [7, 11) is -1.70. The zero-order chi connectivity index (χ0) is 23.8. The standard InChI is InChI=1S/C6H16O2Si.4C4H9O.Ti/c1-5-7-9(3,4)8-6-2;4*1-2-3-4-5;/h5-6H2,1-4H3;4*2-4H2,1H3;/q;4*-1;+4. The quantitative estimate of drug-likeness (QED) is 0.390. The van der Waals surface area contributed by atoms with Crippen molar-refractivity contribution in [2.45, 2.75) is 106 Å². The van der Waals surface area contributed by atoms with Crippen LogP contribution in [-0.4, -0.2) is 48.2 Å². The summed E-state index contributed by atoms with van der Waals surface area (Å²) in [5, 5.41) is 38.1. The Labute approximate surface area is 204 Å². The van der Waals surface area contributed by atoms with E-state index in [2.05, 4.69) is 13.1 Å². The summed E-state index contributed by atoms with van der Waals surface area (Å²) < 4.78 is 10.8. The van der Waals surface area contributed by atoms with Gasteiger partial charge < -0.3 is 29.3 Å². The van der Waals surface area contributed by atoms with E-state index < -0.39 is 8.56 Å². The minimum Gasteiger partial charge on any atom is -0.854 e. The molecule has 0 aliphatic carbocycles. The Bertz CT molecular complexity index is 186. The maximum Gasteiger partial charge on any atom is 4.00 e. The predicted octanol–water partition coefficient (Wildman–Crippen LogP) is 2.35. The smallest absolute Gasteiger partial charge is 0.854 e. The van der Waals surface area contributed by atoms with E-state index in [0.29, 0.717) is 0 Å². The summed E-state index contributed by atoms with van der Waals surface area (Å²) in [4.78, 5) is 0. The van der Waals surface area contributed by atoms with Crippen molar-refractivity contribution in [1.82, 2.24) is 0 Å². The Morgan fingerprint density at radius 1 is 0.500 bits per heavy atom. The van der Waals surface area contributed by atoms with Crippen molar-refractivity contribution in [1.29, 1.82) is 0 Å². The average Bonchev–Trinajstić information content (AvgIpc) is 2.66. The first-order chi connectivity index (χ1) is 13.8. The zero-order valence-corrected chi connectivity index (χ0v) is 23.9. The normalized spacial score (nSPS) is 9.20.